The van der Waals surface area contributed by atoms with E-state index in [1.54, 1.807) is 36.4 Å². The van der Waals surface area contributed by atoms with Crippen molar-refractivity contribution in [2.45, 2.75) is 0 Å². The molecular weight excluding hydrogens is 276 g/mol. The van der Waals surface area contributed by atoms with Crippen LogP contribution in [0.15, 0.2) is 72.8 Å². The highest BCUT2D eigenvalue weighted by Crippen LogP contribution is 2.19. The van der Waals surface area contributed by atoms with Crippen LogP contribution in [-0.2, 0) is 4.74 Å². The lowest BCUT2D eigenvalue weighted by molar-refractivity contribution is 0.0476. The molecule has 0 atom stereocenters. The quantitative estimate of drug-likeness (QED) is 0.541. The zero-order valence-electron chi connectivity index (χ0n) is 11.9. The van der Waals surface area contributed by atoms with Crippen molar-refractivity contribution >= 4 is 22.5 Å². The summed E-state index contributed by atoms with van der Waals surface area (Å²) >= 11 is 0. The van der Waals surface area contributed by atoms with Gasteiger partial charge in [-0.3, -0.25) is 4.79 Å². The highest BCUT2D eigenvalue weighted by molar-refractivity contribution is 6.05. The van der Waals surface area contributed by atoms with Gasteiger partial charge in [-0.2, -0.15) is 0 Å². The van der Waals surface area contributed by atoms with Gasteiger partial charge in [0, 0.05) is 5.56 Å². The first kappa shape index (κ1) is 14.0. The molecule has 0 aliphatic rings. The van der Waals surface area contributed by atoms with Crippen LogP contribution in [0.4, 0.5) is 0 Å². The number of hydrogen-bond donors (Lipinski definition) is 0. The predicted molar refractivity (Wildman–Crippen MR) is 85.0 cm³/mol. The van der Waals surface area contributed by atoms with Gasteiger partial charge in [-0.1, -0.05) is 66.7 Å². The number of Topliss-reactive ketones (excluding diaryl/α,β-unsaturated/α-hetero) is 1. The van der Waals surface area contributed by atoms with Gasteiger partial charge in [-0.25, -0.2) is 4.79 Å². The van der Waals surface area contributed by atoms with Crippen molar-refractivity contribution in [1.29, 1.82) is 0 Å². The number of ketones is 1. The molecule has 0 unspecified atom stereocenters. The molecule has 22 heavy (non-hydrogen) atoms. The molecule has 3 nitrogen and oxygen atoms in total. The van der Waals surface area contributed by atoms with Crippen molar-refractivity contribution in [2.75, 3.05) is 6.61 Å². The van der Waals surface area contributed by atoms with E-state index < -0.39 is 5.97 Å². The zero-order chi connectivity index (χ0) is 15.4. The number of carbonyl (C=O) groups is 2. The number of rotatable bonds is 4. The average Bonchev–Trinajstić information content (AvgIpc) is 2.59. The summed E-state index contributed by atoms with van der Waals surface area (Å²) in [6, 6.07) is 21.8. The smallest absolute Gasteiger partial charge is 0.339 e. The lowest BCUT2D eigenvalue weighted by atomic mass is 10.0. The van der Waals surface area contributed by atoms with E-state index in [0.29, 0.717) is 11.1 Å². The molecule has 0 spiro atoms. The molecule has 3 aromatic rings. The second-order valence-electron chi connectivity index (χ2n) is 4.89. The third kappa shape index (κ3) is 2.88. The maximum absolute atomic E-state index is 12.2. The van der Waals surface area contributed by atoms with Gasteiger partial charge in [0.25, 0.3) is 0 Å². The summed E-state index contributed by atoms with van der Waals surface area (Å²) in [5.41, 5.74) is 1.01. The largest absolute Gasteiger partial charge is 0.454 e. The van der Waals surface area contributed by atoms with Gasteiger partial charge >= 0.3 is 5.97 Å². The fourth-order valence-corrected chi connectivity index (χ4v) is 2.32. The molecule has 0 aromatic heterocycles. The third-order valence-electron chi connectivity index (χ3n) is 3.44. The molecule has 3 rings (SSSR count). The van der Waals surface area contributed by atoms with Crippen molar-refractivity contribution in [2.24, 2.45) is 0 Å². The highest BCUT2D eigenvalue weighted by Gasteiger charge is 2.13. The predicted octanol–water partition coefficient (Wildman–Crippen LogP) is 3.88. The molecule has 0 amide bonds. The summed E-state index contributed by atoms with van der Waals surface area (Å²) < 4.78 is 5.16. The summed E-state index contributed by atoms with van der Waals surface area (Å²) in [6.07, 6.45) is 0. The Bertz CT molecular complexity index is 817. The molecule has 0 bridgehead atoms. The molecule has 108 valence electrons. The Morgan fingerprint density at radius 2 is 1.45 bits per heavy atom. The minimum Gasteiger partial charge on any atom is -0.454 e. The first-order valence-corrected chi connectivity index (χ1v) is 6.99. The Balaban J connectivity index is 1.76. The van der Waals surface area contributed by atoms with Crippen molar-refractivity contribution in [3.63, 3.8) is 0 Å². The SMILES string of the molecule is O=C(COC(=O)c1cccc2ccccc12)c1ccccc1. The minimum absolute atomic E-state index is 0.214. The minimum atomic E-state index is -0.485. The first-order chi connectivity index (χ1) is 10.8. The monoisotopic (exact) mass is 290 g/mol. The number of esters is 1. The van der Waals surface area contributed by atoms with Gasteiger partial charge in [0.2, 0.25) is 0 Å². The molecule has 0 aliphatic carbocycles. The van der Waals surface area contributed by atoms with Gasteiger partial charge in [0.15, 0.2) is 12.4 Å². The van der Waals surface area contributed by atoms with Crippen LogP contribution in [0, 0.1) is 0 Å². The molecule has 0 N–H and O–H groups in total. The molecule has 0 radical (unpaired) electrons. The van der Waals surface area contributed by atoms with Crippen molar-refractivity contribution < 1.29 is 14.3 Å². The van der Waals surface area contributed by atoms with Crippen LogP contribution in [0.2, 0.25) is 0 Å². The number of fused-ring (bicyclic) bond motifs is 1. The van der Waals surface area contributed by atoms with Crippen LogP contribution >= 0.6 is 0 Å². The highest BCUT2D eigenvalue weighted by atomic mass is 16.5. The Morgan fingerprint density at radius 3 is 2.27 bits per heavy atom. The Morgan fingerprint density at radius 1 is 0.773 bits per heavy atom. The topological polar surface area (TPSA) is 43.4 Å². The summed E-state index contributed by atoms with van der Waals surface area (Å²) in [7, 11) is 0. The number of carbonyl (C=O) groups excluding carboxylic acids is 2. The molecule has 3 heteroatoms. The Kier molecular flexibility index (Phi) is 3.97. The molecule has 3 aromatic carbocycles. The van der Waals surface area contributed by atoms with E-state index in [2.05, 4.69) is 0 Å². The molecular formula is C19H14O3. The van der Waals surface area contributed by atoms with Crippen LogP contribution < -0.4 is 0 Å². The number of ether oxygens (including phenoxy) is 1. The lowest BCUT2D eigenvalue weighted by Gasteiger charge is -2.07. The van der Waals surface area contributed by atoms with Crippen LogP contribution in [0.25, 0.3) is 10.8 Å². The van der Waals surface area contributed by atoms with Gasteiger partial charge in [-0.15, -0.1) is 0 Å². The van der Waals surface area contributed by atoms with Crippen LogP contribution in [-0.4, -0.2) is 18.4 Å². The van der Waals surface area contributed by atoms with Crippen LogP contribution in [0.5, 0.6) is 0 Å². The fourth-order valence-electron chi connectivity index (χ4n) is 2.32. The Labute approximate surface area is 128 Å². The van der Waals surface area contributed by atoms with E-state index in [1.807, 2.05) is 36.4 Å². The van der Waals surface area contributed by atoms with Gasteiger partial charge < -0.3 is 4.74 Å². The maximum atomic E-state index is 12.2. The number of benzene rings is 3. The molecule has 0 aliphatic heterocycles. The third-order valence-corrected chi connectivity index (χ3v) is 3.44. The van der Waals surface area contributed by atoms with E-state index in [-0.39, 0.29) is 12.4 Å². The van der Waals surface area contributed by atoms with E-state index >= 15 is 0 Å². The van der Waals surface area contributed by atoms with Crippen molar-refractivity contribution in [3.05, 3.63) is 83.9 Å². The number of hydrogen-bond acceptors (Lipinski definition) is 3. The van der Waals surface area contributed by atoms with Crippen LogP contribution in [0.1, 0.15) is 20.7 Å². The molecule has 0 fully saturated rings. The average molecular weight is 290 g/mol. The second-order valence-corrected chi connectivity index (χ2v) is 4.89. The van der Waals surface area contributed by atoms with Crippen LogP contribution in [0.3, 0.4) is 0 Å². The maximum Gasteiger partial charge on any atom is 0.339 e. The summed E-state index contributed by atoms with van der Waals surface area (Å²) in [6.45, 7) is -0.258. The molecule has 0 saturated heterocycles. The standard InChI is InChI=1S/C19H14O3/c20-18(15-8-2-1-3-9-15)13-22-19(21)17-12-6-10-14-7-4-5-11-16(14)17/h1-12H,13H2. The summed E-state index contributed by atoms with van der Waals surface area (Å²) in [4.78, 5) is 24.2. The molecule has 0 saturated carbocycles. The van der Waals surface area contributed by atoms with Gasteiger partial charge in [-0.05, 0) is 16.8 Å². The zero-order valence-corrected chi connectivity index (χ0v) is 11.9. The van der Waals surface area contributed by atoms with E-state index in [4.69, 9.17) is 4.74 Å². The molecule has 0 heterocycles. The summed E-state index contributed by atoms with van der Waals surface area (Å²) in [5, 5.41) is 1.79. The van der Waals surface area contributed by atoms with Crippen molar-refractivity contribution in [3.8, 4) is 0 Å². The van der Waals surface area contributed by atoms with E-state index in [9.17, 15) is 9.59 Å². The van der Waals surface area contributed by atoms with E-state index in [1.165, 1.54) is 0 Å². The summed E-state index contributed by atoms with van der Waals surface area (Å²) in [5.74, 6) is -0.699. The second kappa shape index (κ2) is 6.22. The normalized spacial score (nSPS) is 10.4. The lowest BCUT2D eigenvalue weighted by Crippen LogP contribution is -2.14. The van der Waals surface area contributed by atoms with E-state index in [0.717, 1.165) is 10.8 Å². The Hall–Kier alpha value is -2.94. The fraction of sp³-hybridized carbons (Fsp3) is 0.0526. The van der Waals surface area contributed by atoms with Crippen molar-refractivity contribution in [1.82, 2.24) is 0 Å². The van der Waals surface area contributed by atoms with Gasteiger partial charge in [0.1, 0.15) is 0 Å². The first-order valence-electron chi connectivity index (χ1n) is 6.99. The van der Waals surface area contributed by atoms with Gasteiger partial charge in [0.05, 0.1) is 5.56 Å².